The van der Waals surface area contributed by atoms with E-state index in [-0.39, 0.29) is 6.04 Å². The number of nitrogens with zero attached hydrogens (tertiary/aromatic N) is 2. The van der Waals surface area contributed by atoms with Crippen molar-refractivity contribution in [2.75, 3.05) is 19.0 Å². The summed E-state index contributed by atoms with van der Waals surface area (Å²) in [5.74, 6) is 1.37. The zero-order valence-electron chi connectivity index (χ0n) is 8.74. The fourth-order valence-electron chi connectivity index (χ4n) is 1.10. The topological polar surface area (TPSA) is 73.1 Å². The SMILES string of the molecule is COc1c(C)ncnc1NC(C)CN. The predicted octanol–water partition coefficient (Wildman–Crippen LogP) is 0.553. The highest BCUT2D eigenvalue weighted by molar-refractivity contribution is 5.52. The third-order valence-electron chi connectivity index (χ3n) is 1.92. The molecule has 0 spiro atoms. The maximum atomic E-state index is 5.50. The van der Waals surface area contributed by atoms with Crippen molar-refractivity contribution in [1.82, 2.24) is 9.97 Å². The largest absolute Gasteiger partial charge is 0.491 e. The molecular weight excluding hydrogens is 180 g/mol. The number of ether oxygens (including phenoxy) is 1. The Hall–Kier alpha value is -1.36. The summed E-state index contributed by atoms with van der Waals surface area (Å²) in [5, 5.41) is 3.15. The lowest BCUT2D eigenvalue weighted by atomic mass is 10.3. The third kappa shape index (κ3) is 2.32. The van der Waals surface area contributed by atoms with Gasteiger partial charge < -0.3 is 15.8 Å². The van der Waals surface area contributed by atoms with E-state index in [9.17, 15) is 0 Å². The zero-order chi connectivity index (χ0) is 10.6. The molecule has 1 heterocycles. The van der Waals surface area contributed by atoms with Crippen molar-refractivity contribution in [3.05, 3.63) is 12.0 Å². The molecule has 1 aromatic rings. The van der Waals surface area contributed by atoms with Gasteiger partial charge in [-0.2, -0.15) is 0 Å². The van der Waals surface area contributed by atoms with Crippen molar-refractivity contribution in [3.63, 3.8) is 0 Å². The van der Waals surface area contributed by atoms with Crippen LogP contribution in [0.5, 0.6) is 5.75 Å². The fraction of sp³-hybridized carbons (Fsp3) is 0.556. The summed E-state index contributed by atoms with van der Waals surface area (Å²) < 4.78 is 5.19. The molecule has 0 saturated carbocycles. The third-order valence-corrected chi connectivity index (χ3v) is 1.92. The number of methoxy groups -OCH3 is 1. The zero-order valence-corrected chi connectivity index (χ0v) is 8.74. The molecule has 1 unspecified atom stereocenters. The Morgan fingerprint density at radius 2 is 2.29 bits per heavy atom. The maximum Gasteiger partial charge on any atom is 0.182 e. The second-order valence-electron chi connectivity index (χ2n) is 3.12. The minimum absolute atomic E-state index is 0.165. The molecule has 0 aliphatic carbocycles. The quantitative estimate of drug-likeness (QED) is 0.735. The van der Waals surface area contributed by atoms with Crippen LogP contribution >= 0.6 is 0 Å². The van der Waals surface area contributed by atoms with Crippen LogP contribution in [0.15, 0.2) is 6.33 Å². The Bertz CT molecular complexity index is 303. The van der Waals surface area contributed by atoms with Crippen LogP contribution in [0.2, 0.25) is 0 Å². The van der Waals surface area contributed by atoms with Gasteiger partial charge in [0.15, 0.2) is 11.6 Å². The molecule has 0 bridgehead atoms. The van der Waals surface area contributed by atoms with Crippen LogP contribution in [0.1, 0.15) is 12.6 Å². The molecular formula is C9H16N4O. The maximum absolute atomic E-state index is 5.50. The Labute approximate surface area is 83.7 Å². The summed E-state index contributed by atoms with van der Waals surface area (Å²) in [6.07, 6.45) is 1.50. The smallest absolute Gasteiger partial charge is 0.182 e. The number of aryl methyl sites for hydroxylation is 1. The molecule has 5 nitrogen and oxygen atoms in total. The molecule has 0 aliphatic heterocycles. The molecule has 0 saturated heterocycles. The molecule has 0 fully saturated rings. The molecule has 1 atom stereocenters. The van der Waals surface area contributed by atoms with E-state index in [1.165, 1.54) is 6.33 Å². The molecule has 1 aromatic heterocycles. The summed E-state index contributed by atoms with van der Waals surface area (Å²) in [7, 11) is 1.60. The van der Waals surface area contributed by atoms with E-state index in [1.807, 2.05) is 13.8 Å². The standard InChI is InChI=1S/C9H16N4O/c1-6(4-10)13-9-8(14-3)7(2)11-5-12-9/h5-6H,4,10H2,1-3H3,(H,11,12,13). The van der Waals surface area contributed by atoms with Crippen molar-refractivity contribution in [3.8, 4) is 5.75 Å². The van der Waals surface area contributed by atoms with Crippen molar-refractivity contribution >= 4 is 5.82 Å². The molecule has 0 aromatic carbocycles. The van der Waals surface area contributed by atoms with Gasteiger partial charge in [0.05, 0.1) is 12.8 Å². The molecule has 78 valence electrons. The molecule has 1 rings (SSSR count). The summed E-state index contributed by atoms with van der Waals surface area (Å²) >= 11 is 0. The van der Waals surface area contributed by atoms with Gasteiger partial charge in [-0.15, -0.1) is 0 Å². The normalized spacial score (nSPS) is 12.3. The van der Waals surface area contributed by atoms with Gasteiger partial charge in [-0.3, -0.25) is 0 Å². The van der Waals surface area contributed by atoms with E-state index < -0.39 is 0 Å². The number of aromatic nitrogens is 2. The minimum Gasteiger partial charge on any atom is -0.491 e. The lowest BCUT2D eigenvalue weighted by molar-refractivity contribution is 0.408. The van der Waals surface area contributed by atoms with Gasteiger partial charge in [0.25, 0.3) is 0 Å². The second-order valence-corrected chi connectivity index (χ2v) is 3.12. The van der Waals surface area contributed by atoms with E-state index >= 15 is 0 Å². The van der Waals surface area contributed by atoms with Crippen molar-refractivity contribution < 1.29 is 4.74 Å². The van der Waals surface area contributed by atoms with Crippen molar-refractivity contribution in [2.24, 2.45) is 5.73 Å². The van der Waals surface area contributed by atoms with Crippen LogP contribution < -0.4 is 15.8 Å². The summed E-state index contributed by atoms with van der Waals surface area (Å²) in [6, 6.07) is 0.165. The summed E-state index contributed by atoms with van der Waals surface area (Å²) in [4.78, 5) is 8.13. The lowest BCUT2D eigenvalue weighted by Gasteiger charge is -2.15. The average Bonchev–Trinajstić information content (AvgIpc) is 2.18. The number of hydrogen-bond donors (Lipinski definition) is 2. The number of anilines is 1. The van der Waals surface area contributed by atoms with Crippen LogP contribution in [0.25, 0.3) is 0 Å². The molecule has 0 radical (unpaired) electrons. The van der Waals surface area contributed by atoms with Crippen LogP contribution in [-0.4, -0.2) is 29.7 Å². The lowest BCUT2D eigenvalue weighted by Crippen LogP contribution is -2.26. The summed E-state index contributed by atoms with van der Waals surface area (Å²) in [6.45, 7) is 4.40. The van der Waals surface area contributed by atoms with E-state index in [1.54, 1.807) is 7.11 Å². The van der Waals surface area contributed by atoms with Gasteiger partial charge in [-0.1, -0.05) is 0 Å². The first-order valence-electron chi connectivity index (χ1n) is 4.51. The Morgan fingerprint density at radius 3 is 2.86 bits per heavy atom. The van der Waals surface area contributed by atoms with Crippen LogP contribution in [0, 0.1) is 6.92 Å². The van der Waals surface area contributed by atoms with Crippen LogP contribution in [-0.2, 0) is 0 Å². The van der Waals surface area contributed by atoms with Crippen molar-refractivity contribution in [2.45, 2.75) is 19.9 Å². The van der Waals surface area contributed by atoms with E-state index in [2.05, 4.69) is 15.3 Å². The van der Waals surface area contributed by atoms with Crippen LogP contribution in [0.3, 0.4) is 0 Å². The van der Waals surface area contributed by atoms with Crippen molar-refractivity contribution in [1.29, 1.82) is 0 Å². The number of rotatable bonds is 4. The molecule has 0 aliphatic rings. The molecule has 5 heteroatoms. The number of hydrogen-bond acceptors (Lipinski definition) is 5. The molecule has 0 amide bonds. The number of nitrogens with two attached hydrogens (primary N) is 1. The number of nitrogens with one attached hydrogen (secondary N) is 1. The van der Waals surface area contributed by atoms with E-state index in [4.69, 9.17) is 10.5 Å². The second kappa shape index (κ2) is 4.76. The Balaban J connectivity index is 2.90. The van der Waals surface area contributed by atoms with E-state index in [0.717, 1.165) is 5.69 Å². The highest BCUT2D eigenvalue weighted by Gasteiger charge is 2.09. The first kappa shape index (κ1) is 10.7. The van der Waals surface area contributed by atoms with Gasteiger partial charge in [-0.25, -0.2) is 9.97 Å². The Morgan fingerprint density at radius 1 is 1.57 bits per heavy atom. The highest BCUT2D eigenvalue weighted by atomic mass is 16.5. The van der Waals surface area contributed by atoms with Gasteiger partial charge in [-0.05, 0) is 13.8 Å². The monoisotopic (exact) mass is 196 g/mol. The minimum atomic E-state index is 0.165. The first-order chi connectivity index (χ1) is 6.69. The average molecular weight is 196 g/mol. The summed E-state index contributed by atoms with van der Waals surface area (Å²) in [5.41, 5.74) is 6.32. The molecule has 3 N–H and O–H groups in total. The fourth-order valence-corrected chi connectivity index (χ4v) is 1.10. The first-order valence-corrected chi connectivity index (χ1v) is 4.51. The highest BCUT2D eigenvalue weighted by Crippen LogP contribution is 2.23. The molecule has 14 heavy (non-hydrogen) atoms. The van der Waals surface area contributed by atoms with E-state index in [0.29, 0.717) is 18.1 Å². The Kier molecular flexibility index (Phi) is 3.64. The predicted molar refractivity (Wildman–Crippen MR) is 55.5 cm³/mol. The van der Waals surface area contributed by atoms with Gasteiger partial charge >= 0.3 is 0 Å². The van der Waals surface area contributed by atoms with Crippen LogP contribution in [0.4, 0.5) is 5.82 Å². The van der Waals surface area contributed by atoms with Gasteiger partial charge in [0.1, 0.15) is 6.33 Å². The van der Waals surface area contributed by atoms with Gasteiger partial charge in [0, 0.05) is 12.6 Å². The van der Waals surface area contributed by atoms with Gasteiger partial charge in [0.2, 0.25) is 0 Å².